The van der Waals surface area contributed by atoms with Crippen LogP contribution in [-0.4, -0.2) is 25.8 Å². The Balaban J connectivity index is 1.90. The lowest BCUT2D eigenvalue weighted by molar-refractivity contribution is 0.478. The molecule has 4 heteroatoms. The summed E-state index contributed by atoms with van der Waals surface area (Å²) in [6.45, 7) is 5.86. The molecule has 0 saturated heterocycles. The van der Waals surface area contributed by atoms with Gasteiger partial charge in [0.1, 0.15) is 0 Å². The van der Waals surface area contributed by atoms with Crippen LogP contribution >= 0.6 is 0 Å². The van der Waals surface area contributed by atoms with Crippen molar-refractivity contribution in [3.05, 3.63) is 133 Å². The molecule has 0 aromatic heterocycles. The maximum absolute atomic E-state index is 13.2. The third kappa shape index (κ3) is 6.66. The molecule has 0 fully saturated rings. The van der Waals surface area contributed by atoms with Crippen LogP contribution in [-0.2, 0) is 10.0 Å². The molecular weight excluding hydrogens is 426 g/mol. The van der Waals surface area contributed by atoms with Crippen LogP contribution in [0, 0.1) is 18.8 Å². The first-order valence-corrected chi connectivity index (χ1v) is 12.1. The largest absolute Gasteiger partial charge is 0.244 e. The maximum Gasteiger partial charge on any atom is 0.244 e. The van der Waals surface area contributed by atoms with Crippen LogP contribution in [0.2, 0.25) is 0 Å². The summed E-state index contributed by atoms with van der Waals surface area (Å²) in [5, 5.41) is 0. The van der Waals surface area contributed by atoms with Gasteiger partial charge in [-0.3, -0.25) is 0 Å². The molecule has 0 amide bonds. The van der Waals surface area contributed by atoms with Crippen molar-refractivity contribution in [3.63, 3.8) is 0 Å². The fraction of sp³-hybridized carbons (Fsp3) is 0.103. The van der Waals surface area contributed by atoms with Crippen molar-refractivity contribution in [1.29, 1.82) is 0 Å². The van der Waals surface area contributed by atoms with Gasteiger partial charge in [0.2, 0.25) is 10.0 Å². The minimum absolute atomic E-state index is 0.0745. The van der Waals surface area contributed by atoms with Crippen LogP contribution in [0.5, 0.6) is 0 Å². The molecule has 0 heterocycles. The second kappa shape index (κ2) is 11.8. The molecule has 0 aliphatic heterocycles. The summed E-state index contributed by atoms with van der Waals surface area (Å²) in [4.78, 5) is 0.256. The number of rotatable bonds is 8. The molecule has 0 radical (unpaired) electrons. The summed E-state index contributed by atoms with van der Waals surface area (Å²) >= 11 is 0. The summed E-state index contributed by atoms with van der Waals surface area (Å²) in [5.41, 5.74) is 4.10. The molecule has 3 rings (SSSR count). The van der Waals surface area contributed by atoms with Gasteiger partial charge in [-0.1, -0.05) is 115 Å². The van der Waals surface area contributed by atoms with Crippen LogP contribution in [0.1, 0.15) is 16.7 Å². The van der Waals surface area contributed by atoms with Crippen molar-refractivity contribution < 1.29 is 8.42 Å². The molecule has 0 aliphatic carbocycles. The Morgan fingerprint density at radius 2 is 1.48 bits per heavy atom. The molecule has 3 aromatic rings. The summed E-state index contributed by atoms with van der Waals surface area (Å²) < 4.78 is 27.7. The van der Waals surface area contributed by atoms with Gasteiger partial charge in [-0.25, -0.2) is 8.42 Å². The molecule has 0 unspecified atom stereocenters. The highest BCUT2D eigenvalue weighted by atomic mass is 32.2. The van der Waals surface area contributed by atoms with E-state index in [1.165, 1.54) is 4.31 Å². The van der Waals surface area contributed by atoms with E-state index in [0.29, 0.717) is 0 Å². The summed E-state index contributed by atoms with van der Waals surface area (Å²) in [7, 11) is -3.68. The molecule has 0 atom stereocenters. The van der Waals surface area contributed by atoms with Gasteiger partial charge in [-0.2, -0.15) is 4.31 Å². The van der Waals surface area contributed by atoms with E-state index in [-0.39, 0.29) is 18.0 Å². The molecule has 0 bridgehead atoms. The highest BCUT2D eigenvalue weighted by Crippen LogP contribution is 2.22. The zero-order valence-electron chi connectivity index (χ0n) is 18.7. The van der Waals surface area contributed by atoms with Crippen molar-refractivity contribution in [2.45, 2.75) is 11.8 Å². The van der Waals surface area contributed by atoms with Gasteiger partial charge in [0.25, 0.3) is 0 Å². The Morgan fingerprint density at radius 1 is 0.909 bits per heavy atom. The van der Waals surface area contributed by atoms with Crippen LogP contribution in [0.15, 0.2) is 121 Å². The zero-order chi connectivity index (χ0) is 23.5. The van der Waals surface area contributed by atoms with E-state index in [4.69, 9.17) is 0 Å². The fourth-order valence-electron chi connectivity index (χ4n) is 3.21. The molecule has 33 heavy (non-hydrogen) atoms. The maximum atomic E-state index is 13.2. The van der Waals surface area contributed by atoms with Gasteiger partial charge in [-0.05, 0) is 41.8 Å². The van der Waals surface area contributed by atoms with E-state index in [1.54, 1.807) is 42.5 Å². The quantitative estimate of drug-likeness (QED) is 0.316. The Bertz CT molecular complexity index is 1240. The molecular formula is C29H27NO2S. The summed E-state index contributed by atoms with van der Waals surface area (Å²) in [5.74, 6) is 6.10. The second-order valence-corrected chi connectivity index (χ2v) is 9.32. The Hall–Kier alpha value is -3.65. The Kier molecular flexibility index (Phi) is 8.60. The smallest absolute Gasteiger partial charge is 0.207 e. The van der Waals surface area contributed by atoms with Crippen molar-refractivity contribution in [2.75, 3.05) is 13.1 Å². The summed E-state index contributed by atoms with van der Waals surface area (Å²) in [6.07, 6.45) is 6.96. The van der Waals surface area contributed by atoms with E-state index in [0.717, 1.165) is 22.3 Å². The molecule has 0 N–H and O–H groups in total. The molecule has 3 aromatic carbocycles. The van der Waals surface area contributed by atoms with Crippen molar-refractivity contribution in [2.24, 2.45) is 0 Å². The van der Waals surface area contributed by atoms with E-state index < -0.39 is 10.0 Å². The SMILES string of the molecule is C=C/C=C/CN(CC#CC=C(c1ccccc1)c1ccccc1)S(=O)(=O)c1ccc(C)cc1. The van der Waals surface area contributed by atoms with E-state index in [2.05, 4.69) is 18.4 Å². The van der Waals surface area contributed by atoms with Gasteiger partial charge in [0, 0.05) is 6.54 Å². The topological polar surface area (TPSA) is 37.4 Å². The minimum Gasteiger partial charge on any atom is -0.207 e. The number of hydrogen-bond acceptors (Lipinski definition) is 2. The first kappa shape index (κ1) is 24.0. The average molecular weight is 454 g/mol. The molecule has 3 nitrogen and oxygen atoms in total. The van der Waals surface area contributed by atoms with Gasteiger partial charge >= 0.3 is 0 Å². The van der Waals surface area contributed by atoms with Gasteiger partial charge < -0.3 is 0 Å². The van der Waals surface area contributed by atoms with Crippen molar-refractivity contribution in [3.8, 4) is 11.8 Å². The van der Waals surface area contributed by atoms with Crippen LogP contribution in [0.4, 0.5) is 0 Å². The predicted octanol–water partition coefficient (Wildman–Crippen LogP) is 5.86. The average Bonchev–Trinajstić information content (AvgIpc) is 2.84. The van der Waals surface area contributed by atoms with Crippen molar-refractivity contribution in [1.82, 2.24) is 4.31 Å². The molecule has 0 spiro atoms. The van der Waals surface area contributed by atoms with E-state index in [1.807, 2.05) is 73.7 Å². The lowest BCUT2D eigenvalue weighted by Gasteiger charge is -2.18. The predicted molar refractivity (Wildman–Crippen MR) is 137 cm³/mol. The third-order valence-electron chi connectivity index (χ3n) is 4.98. The van der Waals surface area contributed by atoms with Crippen LogP contribution in [0.3, 0.4) is 0 Å². The van der Waals surface area contributed by atoms with Crippen LogP contribution in [0.25, 0.3) is 5.57 Å². The Labute approximate surface area is 197 Å². The first-order chi connectivity index (χ1) is 16.0. The van der Waals surface area contributed by atoms with Crippen LogP contribution < -0.4 is 0 Å². The number of aryl methyl sites for hydroxylation is 1. The number of sulfonamides is 1. The van der Waals surface area contributed by atoms with E-state index >= 15 is 0 Å². The van der Waals surface area contributed by atoms with Crippen molar-refractivity contribution >= 4 is 15.6 Å². The highest BCUT2D eigenvalue weighted by molar-refractivity contribution is 7.89. The number of benzene rings is 3. The second-order valence-electron chi connectivity index (χ2n) is 7.39. The first-order valence-electron chi connectivity index (χ1n) is 10.7. The lowest BCUT2D eigenvalue weighted by Crippen LogP contribution is -2.31. The number of allylic oxidation sites excluding steroid dienone is 3. The zero-order valence-corrected chi connectivity index (χ0v) is 19.5. The molecule has 166 valence electrons. The van der Waals surface area contributed by atoms with E-state index in [9.17, 15) is 8.42 Å². The van der Waals surface area contributed by atoms with Gasteiger partial charge in [0.05, 0.1) is 11.4 Å². The van der Waals surface area contributed by atoms with Gasteiger partial charge in [-0.15, -0.1) is 0 Å². The molecule has 0 aliphatic rings. The molecule has 0 saturated carbocycles. The highest BCUT2D eigenvalue weighted by Gasteiger charge is 2.22. The number of nitrogens with zero attached hydrogens (tertiary/aromatic N) is 1. The Morgan fingerprint density at radius 3 is 2.03 bits per heavy atom. The standard InChI is InChI=1S/C29H27NO2S/c1-3-4-12-23-30(33(31,32)28-21-19-25(2)20-22-28)24-13-11-18-29(26-14-7-5-8-15-26)27-16-9-6-10-17-27/h3-10,12,14-22H,1,23-24H2,2H3/b12-4+. The lowest BCUT2D eigenvalue weighted by atomic mass is 9.98. The minimum atomic E-state index is -3.68. The van der Waals surface area contributed by atoms with Gasteiger partial charge in [0.15, 0.2) is 0 Å². The fourth-order valence-corrected chi connectivity index (χ4v) is 4.50. The third-order valence-corrected chi connectivity index (χ3v) is 6.81. The summed E-state index contributed by atoms with van der Waals surface area (Å²) in [6, 6.07) is 26.9. The monoisotopic (exact) mass is 453 g/mol. The normalized spacial score (nSPS) is 11.1. The number of hydrogen-bond donors (Lipinski definition) is 0.